The molecule has 0 aromatic heterocycles. The molecule has 1 heterocycles. The Morgan fingerprint density at radius 1 is 1.47 bits per heavy atom. The molecule has 0 saturated carbocycles. The highest BCUT2D eigenvalue weighted by Gasteiger charge is 2.21. The quantitative estimate of drug-likeness (QED) is 0.515. The molecule has 4 nitrogen and oxygen atoms in total. The number of carbonyl (C=O) groups excluding carboxylic acids is 2. The molecule has 0 aromatic rings. The Balaban J connectivity index is 2.16. The normalized spacial score (nSPS) is 20.1. The summed E-state index contributed by atoms with van der Waals surface area (Å²) in [6.45, 7) is 2.13. The van der Waals surface area contributed by atoms with Gasteiger partial charge < -0.3 is 9.84 Å². The highest BCUT2D eigenvalue weighted by Crippen LogP contribution is 2.16. The van der Waals surface area contributed by atoms with Crippen LogP contribution in [0.4, 0.5) is 0 Å². The molecule has 0 spiro atoms. The summed E-state index contributed by atoms with van der Waals surface area (Å²) >= 11 is 0. The summed E-state index contributed by atoms with van der Waals surface area (Å²) in [6, 6.07) is 0. The lowest BCUT2D eigenvalue weighted by Crippen LogP contribution is -2.26. The van der Waals surface area contributed by atoms with Crippen LogP contribution in [0.25, 0.3) is 0 Å². The third kappa shape index (κ3) is 7.11. The van der Waals surface area contributed by atoms with Crippen LogP contribution in [0, 0.1) is 0 Å². The molecule has 1 rings (SSSR count). The van der Waals surface area contributed by atoms with Crippen LogP contribution < -0.4 is 0 Å². The molecule has 4 heteroatoms. The number of cyclic esters (lactones) is 1. The van der Waals surface area contributed by atoms with Crippen molar-refractivity contribution in [2.45, 2.75) is 70.5 Å². The average molecular weight is 268 g/mol. The van der Waals surface area contributed by atoms with Crippen molar-refractivity contribution in [1.29, 1.82) is 0 Å². The third-order valence-electron chi connectivity index (χ3n) is 3.24. The molecule has 0 unspecified atom stereocenters. The number of hydrogen-bond donors (Lipinski definition) is 1. The molecular weight excluding hydrogens is 244 g/mol. The van der Waals surface area contributed by atoms with E-state index in [0.29, 0.717) is 19.3 Å². The first-order valence-electron chi connectivity index (χ1n) is 7.18. The topological polar surface area (TPSA) is 63.6 Å². The number of carbonyl (C=O) groups is 2. The van der Waals surface area contributed by atoms with Gasteiger partial charge in [0, 0.05) is 31.8 Å². The molecule has 0 aromatic carbocycles. The monoisotopic (exact) mass is 268 g/mol. The lowest BCUT2D eigenvalue weighted by molar-refractivity contribution is -0.145. The van der Waals surface area contributed by atoms with Crippen molar-refractivity contribution in [2.75, 3.05) is 0 Å². The third-order valence-corrected chi connectivity index (χ3v) is 3.24. The Labute approximate surface area is 114 Å². The van der Waals surface area contributed by atoms with E-state index >= 15 is 0 Å². The van der Waals surface area contributed by atoms with Crippen molar-refractivity contribution < 1.29 is 19.4 Å². The Kier molecular flexibility index (Phi) is 7.41. The Morgan fingerprint density at radius 3 is 2.95 bits per heavy atom. The van der Waals surface area contributed by atoms with Gasteiger partial charge in [0.2, 0.25) is 0 Å². The second-order valence-corrected chi connectivity index (χ2v) is 5.14. The van der Waals surface area contributed by atoms with E-state index in [2.05, 4.69) is 6.92 Å². The predicted molar refractivity (Wildman–Crippen MR) is 72.6 cm³/mol. The summed E-state index contributed by atoms with van der Waals surface area (Å²) in [6.07, 6.45) is 8.10. The standard InChI is InChI=1S/C15H24O4/c1-2-3-4-5-7-12(16)10-13(17)11-14-8-6-9-15(18)19-14/h6,9,13-14,17H,2-5,7-8,10-11H2,1H3/t13-,14-/m0/s1. The maximum Gasteiger partial charge on any atom is 0.330 e. The van der Waals surface area contributed by atoms with Gasteiger partial charge in [-0.15, -0.1) is 0 Å². The number of aliphatic hydroxyl groups is 1. The molecule has 0 saturated heterocycles. The Bertz CT molecular complexity index is 322. The van der Waals surface area contributed by atoms with E-state index in [1.54, 1.807) is 6.08 Å². The summed E-state index contributed by atoms with van der Waals surface area (Å²) < 4.78 is 5.05. The molecular formula is C15H24O4. The highest BCUT2D eigenvalue weighted by atomic mass is 16.5. The SMILES string of the molecule is CCCCCCC(=O)C[C@H](O)C[C@@H]1CC=CC(=O)O1. The van der Waals surface area contributed by atoms with Crippen molar-refractivity contribution in [3.8, 4) is 0 Å². The Hall–Kier alpha value is -1.16. The highest BCUT2D eigenvalue weighted by molar-refractivity contribution is 5.82. The second kappa shape index (κ2) is 8.86. The van der Waals surface area contributed by atoms with E-state index in [0.717, 1.165) is 25.7 Å². The molecule has 1 aliphatic heterocycles. The summed E-state index contributed by atoms with van der Waals surface area (Å²) in [5, 5.41) is 9.82. The van der Waals surface area contributed by atoms with Crippen LogP contribution in [0.1, 0.15) is 58.3 Å². The summed E-state index contributed by atoms with van der Waals surface area (Å²) in [5.74, 6) is -0.268. The first kappa shape index (κ1) is 15.9. The van der Waals surface area contributed by atoms with E-state index in [9.17, 15) is 14.7 Å². The van der Waals surface area contributed by atoms with Crippen LogP contribution in [-0.4, -0.2) is 29.1 Å². The van der Waals surface area contributed by atoms with Crippen molar-refractivity contribution in [1.82, 2.24) is 0 Å². The maximum atomic E-state index is 11.6. The lowest BCUT2D eigenvalue weighted by Gasteiger charge is -2.21. The smallest absolute Gasteiger partial charge is 0.330 e. The minimum atomic E-state index is -0.706. The number of esters is 1. The number of hydrogen-bond acceptors (Lipinski definition) is 4. The molecule has 19 heavy (non-hydrogen) atoms. The number of rotatable bonds is 9. The first-order chi connectivity index (χ1) is 9.11. The number of Topliss-reactive ketones (excluding diaryl/α,β-unsaturated/α-hetero) is 1. The molecule has 0 fully saturated rings. The van der Waals surface area contributed by atoms with E-state index in [1.165, 1.54) is 6.08 Å². The molecule has 0 radical (unpaired) electrons. The first-order valence-corrected chi connectivity index (χ1v) is 7.18. The van der Waals surface area contributed by atoms with Crippen molar-refractivity contribution >= 4 is 11.8 Å². The molecule has 1 N–H and O–H groups in total. The molecule has 0 bridgehead atoms. The van der Waals surface area contributed by atoms with E-state index in [1.807, 2.05) is 0 Å². The minimum absolute atomic E-state index is 0.0984. The van der Waals surface area contributed by atoms with E-state index < -0.39 is 6.10 Å². The van der Waals surface area contributed by atoms with Gasteiger partial charge in [-0.05, 0) is 6.42 Å². The van der Waals surface area contributed by atoms with Gasteiger partial charge in [0.1, 0.15) is 11.9 Å². The fraction of sp³-hybridized carbons (Fsp3) is 0.733. The molecule has 0 aliphatic carbocycles. The summed E-state index contributed by atoms with van der Waals surface area (Å²) in [4.78, 5) is 22.7. The van der Waals surface area contributed by atoms with Crippen molar-refractivity contribution in [2.24, 2.45) is 0 Å². The number of aliphatic hydroxyl groups excluding tert-OH is 1. The zero-order valence-electron chi connectivity index (χ0n) is 11.6. The molecule has 1 aliphatic rings. The maximum absolute atomic E-state index is 11.6. The van der Waals surface area contributed by atoms with Crippen molar-refractivity contribution in [3.05, 3.63) is 12.2 Å². The number of unbranched alkanes of at least 4 members (excludes halogenated alkanes) is 3. The van der Waals surface area contributed by atoms with Gasteiger partial charge in [-0.3, -0.25) is 4.79 Å². The minimum Gasteiger partial charge on any atom is -0.459 e. The van der Waals surface area contributed by atoms with E-state index in [-0.39, 0.29) is 24.3 Å². The van der Waals surface area contributed by atoms with Crippen LogP contribution in [0.15, 0.2) is 12.2 Å². The van der Waals surface area contributed by atoms with Gasteiger partial charge in [-0.2, -0.15) is 0 Å². The fourth-order valence-electron chi connectivity index (χ4n) is 2.21. The van der Waals surface area contributed by atoms with Gasteiger partial charge in [-0.1, -0.05) is 32.3 Å². The van der Waals surface area contributed by atoms with Crippen LogP contribution in [0.3, 0.4) is 0 Å². The van der Waals surface area contributed by atoms with Crippen molar-refractivity contribution in [3.63, 3.8) is 0 Å². The second-order valence-electron chi connectivity index (χ2n) is 5.14. The molecule has 0 amide bonds. The number of ketones is 1. The fourth-order valence-corrected chi connectivity index (χ4v) is 2.21. The van der Waals surface area contributed by atoms with Gasteiger partial charge in [-0.25, -0.2) is 4.79 Å². The Morgan fingerprint density at radius 2 is 2.26 bits per heavy atom. The van der Waals surface area contributed by atoms with E-state index in [4.69, 9.17) is 4.74 Å². The molecule has 2 atom stereocenters. The molecule has 108 valence electrons. The average Bonchev–Trinajstić information content (AvgIpc) is 2.34. The van der Waals surface area contributed by atoms with Crippen LogP contribution in [0.2, 0.25) is 0 Å². The van der Waals surface area contributed by atoms with Gasteiger partial charge in [0.05, 0.1) is 6.10 Å². The number of ether oxygens (including phenoxy) is 1. The summed E-state index contributed by atoms with van der Waals surface area (Å²) in [5.41, 5.74) is 0. The predicted octanol–water partition coefficient (Wildman–Crippen LogP) is 2.54. The van der Waals surface area contributed by atoms with Crippen LogP contribution in [-0.2, 0) is 14.3 Å². The van der Waals surface area contributed by atoms with Gasteiger partial charge >= 0.3 is 5.97 Å². The largest absolute Gasteiger partial charge is 0.459 e. The zero-order chi connectivity index (χ0) is 14.1. The van der Waals surface area contributed by atoms with Crippen LogP contribution >= 0.6 is 0 Å². The van der Waals surface area contributed by atoms with Gasteiger partial charge in [0.25, 0.3) is 0 Å². The van der Waals surface area contributed by atoms with Crippen LogP contribution in [0.5, 0.6) is 0 Å². The van der Waals surface area contributed by atoms with Gasteiger partial charge in [0.15, 0.2) is 0 Å². The lowest BCUT2D eigenvalue weighted by atomic mass is 10.0. The summed E-state index contributed by atoms with van der Waals surface area (Å²) in [7, 11) is 0. The zero-order valence-corrected chi connectivity index (χ0v) is 11.6.